The predicted molar refractivity (Wildman–Crippen MR) is 157 cm³/mol. The summed E-state index contributed by atoms with van der Waals surface area (Å²) in [5.74, 6) is 2.59. The number of amides is 1. The van der Waals surface area contributed by atoms with Crippen LogP contribution in [0.1, 0.15) is 103 Å². The van der Waals surface area contributed by atoms with Crippen LogP contribution in [-0.2, 0) is 11.0 Å². The molecule has 228 valence electrons. The van der Waals surface area contributed by atoms with Crippen LogP contribution >= 0.6 is 0 Å². The van der Waals surface area contributed by atoms with E-state index in [1.165, 1.54) is 89.2 Å². The zero-order valence-corrected chi connectivity index (χ0v) is 24.8. The molecular formula is C33H48F3N3O2. The molecular weight excluding hydrogens is 527 g/mol. The van der Waals surface area contributed by atoms with Gasteiger partial charge in [-0.05, 0) is 112 Å². The van der Waals surface area contributed by atoms with Gasteiger partial charge in [0.25, 0.3) is 0 Å². The number of halogens is 3. The molecule has 5 fully saturated rings. The summed E-state index contributed by atoms with van der Waals surface area (Å²) in [5, 5.41) is 15.8. The number of likely N-dealkylation sites (tertiary alicyclic amines) is 1. The third-order valence-electron chi connectivity index (χ3n) is 9.76. The van der Waals surface area contributed by atoms with Gasteiger partial charge in [-0.15, -0.1) is 0 Å². The Morgan fingerprint density at radius 2 is 1.71 bits per heavy atom. The lowest BCUT2D eigenvalue weighted by molar-refractivity contribution is -0.137. The summed E-state index contributed by atoms with van der Waals surface area (Å²) in [5.41, 5.74) is 1.43. The van der Waals surface area contributed by atoms with Crippen molar-refractivity contribution >= 4 is 11.6 Å². The fourth-order valence-corrected chi connectivity index (χ4v) is 6.88. The lowest BCUT2D eigenvalue weighted by Gasteiger charge is -2.55. The molecule has 1 aromatic carbocycles. The summed E-state index contributed by atoms with van der Waals surface area (Å²) in [6.07, 6.45) is 15.3. The zero-order valence-electron chi connectivity index (χ0n) is 24.8. The molecule has 1 spiro atoms. The number of carbonyl (C=O) groups is 1. The van der Waals surface area contributed by atoms with Gasteiger partial charge in [0.15, 0.2) is 0 Å². The summed E-state index contributed by atoms with van der Waals surface area (Å²) < 4.78 is 35.5. The highest BCUT2D eigenvalue weighted by Crippen LogP contribution is 2.57. The predicted octanol–water partition coefficient (Wildman–Crippen LogP) is 8.40. The van der Waals surface area contributed by atoms with E-state index in [1.807, 2.05) is 11.1 Å². The van der Waals surface area contributed by atoms with Crippen LogP contribution in [0.2, 0.25) is 0 Å². The molecule has 0 aromatic heterocycles. The molecule has 0 radical (unpaired) electrons. The third kappa shape index (κ3) is 8.51. The van der Waals surface area contributed by atoms with E-state index in [0.717, 1.165) is 60.5 Å². The van der Waals surface area contributed by atoms with Crippen molar-refractivity contribution < 1.29 is 23.1 Å². The van der Waals surface area contributed by atoms with Crippen molar-refractivity contribution in [2.24, 2.45) is 28.3 Å². The number of aromatic hydroxyl groups is 1. The van der Waals surface area contributed by atoms with E-state index in [0.29, 0.717) is 6.04 Å². The second-order valence-electron chi connectivity index (χ2n) is 12.9. The maximum atomic E-state index is 11.8. The molecule has 1 heterocycles. The molecule has 1 N–H and O–H groups in total. The van der Waals surface area contributed by atoms with E-state index in [2.05, 4.69) is 18.5 Å². The van der Waals surface area contributed by atoms with Gasteiger partial charge >= 0.3 is 6.18 Å². The number of unbranched alkanes of at least 4 members (excludes halogenated alkanes) is 1. The monoisotopic (exact) mass is 575 g/mol. The van der Waals surface area contributed by atoms with Crippen molar-refractivity contribution in [3.63, 3.8) is 0 Å². The highest BCUT2D eigenvalue weighted by atomic mass is 19.4. The van der Waals surface area contributed by atoms with E-state index in [4.69, 9.17) is 10.2 Å². The van der Waals surface area contributed by atoms with Crippen LogP contribution in [0.25, 0.3) is 0 Å². The molecule has 6 rings (SSSR count). The minimum Gasteiger partial charge on any atom is -0.508 e. The number of hydrogen-bond donors (Lipinski definition) is 1. The minimum absolute atomic E-state index is 0.169. The smallest absolute Gasteiger partial charge is 0.416 e. The lowest BCUT2D eigenvalue weighted by atomic mass is 9.54. The summed E-state index contributed by atoms with van der Waals surface area (Å²) in [6.45, 7) is 10.0. The van der Waals surface area contributed by atoms with Crippen molar-refractivity contribution in [3.8, 4) is 5.75 Å². The third-order valence-corrected chi connectivity index (χ3v) is 9.76. The van der Waals surface area contributed by atoms with E-state index < -0.39 is 11.7 Å². The topological polar surface area (TPSA) is 56.1 Å². The van der Waals surface area contributed by atoms with E-state index >= 15 is 0 Å². The van der Waals surface area contributed by atoms with Crippen LogP contribution < -0.4 is 0 Å². The zero-order chi connectivity index (χ0) is 29.6. The van der Waals surface area contributed by atoms with Crippen LogP contribution in [0.4, 0.5) is 13.2 Å². The Labute approximate surface area is 243 Å². The molecule has 1 aromatic rings. The van der Waals surface area contributed by atoms with Crippen molar-refractivity contribution in [2.75, 3.05) is 13.1 Å². The first-order valence-electron chi connectivity index (χ1n) is 15.6. The second-order valence-corrected chi connectivity index (χ2v) is 12.9. The van der Waals surface area contributed by atoms with Gasteiger partial charge < -0.3 is 10.0 Å². The number of hydrogen-bond acceptors (Lipinski definition) is 4. The summed E-state index contributed by atoms with van der Waals surface area (Å²) >= 11 is 0. The van der Waals surface area contributed by atoms with Gasteiger partial charge in [0, 0.05) is 31.9 Å². The fourth-order valence-electron chi connectivity index (χ4n) is 6.88. The Bertz CT molecular complexity index is 1030. The van der Waals surface area contributed by atoms with Gasteiger partial charge in [-0.25, -0.2) is 0 Å². The Morgan fingerprint density at radius 1 is 1.10 bits per heavy atom. The fraction of sp³-hybridized carbons (Fsp3) is 0.697. The van der Waals surface area contributed by atoms with Gasteiger partial charge in [0.1, 0.15) is 5.75 Å². The maximum absolute atomic E-state index is 11.8. The molecule has 0 bridgehead atoms. The number of phenolic OH excluding ortho intramolecular Hbond substituents is 1. The van der Waals surface area contributed by atoms with Gasteiger partial charge in [0.05, 0.1) is 11.6 Å². The Hall–Kier alpha value is -2.51. The highest BCUT2D eigenvalue weighted by Gasteiger charge is 2.50. The van der Waals surface area contributed by atoms with Crippen molar-refractivity contribution in [3.05, 3.63) is 42.6 Å². The molecule has 5 aliphatic rings. The molecule has 5 nitrogen and oxygen atoms in total. The van der Waals surface area contributed by atoms with E-state index in [1.54, 1.807) is 6.92 Å². The first kappa shape index (κ1) is 31.4. The summed E-state index contributed by atoms with van der Waals surface area (Å²) in [6, 6.07) is 4.31. The van der Waals surface area contributed by atoms with Crippen LogP contribution in [-0.4, -0.2) is 45.8 Å². The first-order chi connectivity index (χ1) is 19.5. The van der Waals surface area contributed by atoms with Gasteiger partial charge in [-0.3, -0.25) is 9.80 Å². The van der Waals surface area contributed by atoms with Crippen LogP contribution in [0, 0.1) is 23.2 Å². The molecule has 1 saturated heterocycles. The normalized spacial score (nSPS) is 24.7. The first-order valence-corrected chi connectivity index (χ1v) is 15.6. The van der Waals surface area contributed by atoms with Crippen molar-refractivity contribution in [1.29, 1.82) is 0 Å². The average molecular weight is 576 g/mol. The summed E-state index contributed by atoms with van der Waals surface area (Å²) in [4.78, 5) is 13.0. The largest absolute Gasteiger partial charge is 0.508 e. The number of fused-ring (bicyclic) bond motifs is 1. The van der Waals surface area contributed by atoms with Gasteiger partial charge in [-0.2, -0.15) is 18.3 Å². The highest BCUT2D eigenvalue weighted by molar-refractivity contribution is 5.88. The molecule has 2 atom stereocenters. The quantitative estimate of drug-likeness (QED) is 0.262. The number of phenols is 1. The number of rotatable bonds is 7. The van der Waals surface area contributed by atoms with Crippen molar-refractivity contribution in [2.45, 2.75) is 110 Å². The molecule has 1 amide bonds. The number of carbonyl (C=O) groups excluding carboxylic acids is 1. The Balaban J connectivity index is 0.000000151. The number of benzene rings is 1. The standard InChI is InChI=1S/C17H28N2.C9H15NO.C7H5F3O/c1-3-5-7-16(14-8-9-14)18-19(4-2)15-12-17(13-15)10-6-11-17;1-7(11)10-5-8-3-2-4-9(8)6-10;8-7(9,10)5-1-3-6(11)4-2-5/h4,14-15H,2-3,5-13H2,1H3;8-9H,2-6H2,1H3;1-4,11H/b18-16+;;/t;8-,9+;. The molecule has 41 heavy (non-hydrogen) atoms. The molecule has 4 aliphatic carbocycles. The van der Waals surface area contributed by atoms with Gasteiger partial charge in [0.2, 0.25) is 5.91 Å². The number of nitrogens with zero attached hydrogens (tertiary/aromatic N) is 3. The SMILES string of the molecule is C=CN(/N=C(\CCCC)C1CC1)C1CC2(CCC2)C1.CC(=O)N1C[C@H]2CCC[C@H]2C1.Oc1ccc(C(F)(F)F)cc1. The van der Waals surface area contributed by atoms with Gasteiger partial charge in [-0.1, -0.05) is 32.8 Å². The van der Waals surface area contributed by atoms with E-state index in [9.17, 15) is 18.0 Å². The minimum atomic E-state index is -4.33. The molecule has 8 heteroatoms. The number of hydrazone groups is 1. The lowest BCUT2D eigenvalue weighted by Crippen LogP contribution is -2.51. The molecule has 0 unspecified atom stereocenters. The van der Waals surface area contributed by atoms with Crippen LogP contribution in [0.3, 0.4) is 0 Å². The maximum Gasteiger partial charge on any atom is 0.416 e. The Morgan fingerprint density at radius 3 is 2.15 bits per heavy atom. The average Bonchev–Trinajstić information content (AvgIpc) is 3.49. The second kappa shape index (κ2) is 13.6. The number of alkyl halides is 3. The summed E-state index contributed by atoms with van der Waals surface area (Å²) in [7, 11) is 0. The van der Waals surface area contributed by atoms with E-state index in [-0.39, 0.29) is 11.7 Å². The molecule has 4 saturated carbocycles. The molecule has 1 aliphatic heterocycles. The van der Waals surface area contributed by atoms with Crippen molar-refractivity contribution in [1.82, 2.24) is 9.91 Å². The Kier molecular flexibility index (Phi) is 10.5. The van der Waals surface area contributed by atoms with Crippen LogP contribution in [0.15, 0.2) is 42.1 Å². The van der Waals surface area contributed by atoms with Crippen LogP contribution in [0.5, 0.6) is 5.75 Å².